The van der Waals surface area contributed by atoms with Gasteiger partial charge >= 0.3 is 0 Å². The summed E-state index contributed by atoms with van der Waals surface area (Å²) in [6.45, 7) is 0.761. The Kier molecular flexibility index (Phi) is 2.68. The van der Waals surface area contributed by atoms with Gasteiger partial charge in [-0.15, -0.1) is 0 Å². The fourth-order valence-corrected chi connectivity index (χ4v) is 1.83. The van der Waals surface area contributed by atoms with Crippen molar-refractivity contribution in [1.82, 2.24) is 0 Å². The van der Waals surface area contributed by atoms with Crippen molar-refractivity contribution in [3.63, 3.8) is 0 Å². The molecule has 1 aliphatic rings. The van der Waals surface area contributed by atoms with Gasteiger partial charge in [-0.05, 0) is 12.5 Å². The summed E-state index contributed by atoms with van der Waals surface area (Å²) in [5.41, 5.74) is 1.72. The maximum Gasteiger partial charge on any atom is 0.146 e. The fraction of sp³-hybridized carbons (Fsp3) is 0.455. The van der Waals surface area contributed by atoms with E-state index in [2.05, 4.69) is 5.32 Å². The zero-order valence-electron chi connectivity index (χ0n) is 8.91. The Bertz CT molecular complexity index is 365. The number of hydrogen-bond acceptors (Lipinski definition) is 4. The van der Waals surface area contributed by atoms with Crippen LogP contribution in [0.15, 0.2) is 12.1 Å². The van der Waals surface area contributed by atoms with Crippen LogP contribution in [0.1, 0.15) is 18.1 Å². The molecule has 0 amide bonds. The molecule has 0 spiro atoms. The minimum absolute atomic E-state index is 0.440. The van der Waals surface area contributed by atoms with E-state index in [-0.39, 0.29) is 0 Å². The molecule has 0 radical (unpaired) electrons. The molecule has 1 atom stereocenters. The highest BCUT2D eigenvalue weighted by Gasteiger charge is 2.22. The quantitative estimate of drug-likeness (QED) is 0.776. The predicted octanol–water partition coefficient (Wildman–Crippen LogP) is 1.55. The number of aliphatic hydroxyl groups excluding tert-OH is 1. The molecule has 15 heavy (non-hydrogen) atoms. The third-order valence-corrected chi connectivity index (χ3v) is 2.64. The molecule has 1 heterocycles. The van der Waals surface area contributed by atoms with Crippen molar-refractivity contribution >= 4 is 5.69 Å². The van der Waals surface area contributed by atoms with Crippen LogP contribution in [-0.2, 0) is 0 Å². The maximum absolute atomic E-state index is 9.85. The Morgan fingerprint density at radius 1 is 1.33 bits per heavy atom. The van der Waals surface area contributed by atoms with Crippen LogP contribution in [0, 0.1) is 0 Å². The van der Waals surface area contributed by atoms with Crippen LogP contribution < -0.4 is 14.8 Å². The van der Waals surface area contributed by atoms with Gasteiger partial charge in [-0.1, -0.05) is 0 Å². The fourth-order valence-electron chi connectivity index (χ4n) is 1.83. The molecule has 0 bridgehead atoms. The van der Waals surface area contributed by atoms with E-state index in [0.29, 0.717) is 17.9 Å². The van der Waals surface area contributed by atoms with E-state index in [1.54, 1.807) is 14.2 Å². The largest absolute Gasteiger partial charge is 0.497 e. The van der Waals surface area contributed by atoms with Gasteiger partial charge in [0, 0.05) is 18.2 Å². The molecule has 4 heteroatoms. The monoisotopic (exact) mass is 209 g/mol. The molecule has 0 aliphatic carbocycles. The van der Waals surface area contributed by atoms with E-state index >= 15 is 0 Å². The van der Waals surface area contributed by atoms with Crippen LogP contribution in [0.25, 0.3) is 0 Å². The van der Waals surface area contributed by atoms with Gasteiger partial charge in [-0.3, -0.25) is 0 Å². The highest BCUT2D eigenvalue weighted by Crippen LogP contribution is 2.40. The summed E-state index contributed by atoms with van der Waals surface area (Å²) in [5, 5.41) is 13.1. The molecule has 2 rings (SSSR count). The molecule has 1 unspecified atom stereocenters. The Morgan fingerprint density at radius 3 is 2.80 bits per heavy atom. The van der Waals surface area contributed by atoms with E-state index in [1.165, 1.54) is 0 Å². The Labute approximate surface area is 88.8 Å². The lowest BCUT2D eigenvalue weighted by atomic mass is 9.99. The highest BCUT2D eigenvalue weighted by molar-refractivity contribution is 5.66. The van der Waals surface area contributed by atoms with Crippen LogP contribution in [-0.4, -0.2) is 25.9 Å². The first-order valence-corrected chi connectivity index (χ1v) is 4.94. The van der Waals surface area contributed by atoms with Crippen molar-refractivity contribution in [3.8, 4) is 11.5 Å². The first-order valence-electron chi connectivity index (χ1n) is 4.94. The van der Waals surface area contributed by atoms with Crippen LogP contribution >= 0.6 is 0 Å². The number of nitrogens with one attached hydrogen (secondary N) is 1. The van der Waals surface area contributed by atoms with Gasteiger partial charge in [0.1, 0.15) is 11.5 Å². The predicted molar refractivity (Wildman–Crippen MR) is 57.6 cm³/mol. The minimum Gasteiger partial charge on any atom is -0.497 e. The van der Waals surface area contributed by atoms with E-state index in [0.717, 1.165) is 17.8 Å². The Hall–Kier alpha value is -1.42. The average molecular weight is 209 g/mol. The molecule has 0 aromatic heterocycles. The molecule has 4 nitrogen and oxygen atoms in total. The lowest BCUT2D eigenvalue weighted by Gasteiger charge is -2.25. The van der Waals surface area contributed by atoms with Crippen LogP contribution in [0.3, 0.4) is 0 Å². The molecular formula is C11H15NO3. The molecule has 1 aromatic rings. The number of anilines is 1. The average Bonchev–Trinajstić information content (AvgIpc) is 2.28. The number of rotatable bonds is 2. The Morgan fingerprint density at radius 2 is 2.13 bits per heavy atom. The topological polar surface area (TPSA) is 50.7 Å². The molecule has 2 N–H and O–H groups in total. The number of hydrogen-bond donors (Lipinski definition) is 2. The highest BCUT2D eigenvalue weighted by atomic mass is 16.5. The maximum atomic E-state index is 9.85. The first kappa shape index (κ1) is 10.1. The van der Waals surface area contributed by atoms with Crippen LogP contribution in [0.2, 0.25) is 0 Å². The van der Waals surface area contributed by atoms with Gasteiger partial charge in [0.25, 0.3) is 0 Å². The molecule has 1 aliphatic heterocycles. The smallest absolute Gasteiger partial charge is 0.146 e. The summed E-state index contributed by atoms with van der Waals surface area (Å²) in [5.74, 6) is 1.41. The molecule has 82 valence electrons. The number of fused-ring (bicyclic) bond motifs is 1. The second-order valence-electron chi connectivity index (χ2n) is 3.53. The van der Waals surface area contributed by atoms with Crippen molar-refractivity contribution < 1.29 is 14.6 Å². The van der Waals surface area contributed by atoms with Crippen molar-refractivity contribution in [2.45, 2.75) is 12.5 Å². The standard InChI is InChI=1S/C11H15NO3/c1-14-7-5-8-9(13)3-4-12-11(8)10(6-7)15-2/h5-6,9,12-13H,3-4H2,1-2H3. The van der Waals surface area contributed by atoms with Crippen molar-refractivity contribution in [2.75, 3.05) is 26.1 Å². The summed E-state index contributed by atoms with van der Waals surface area (Å²) in [6, 6.07) is 3.65. The summed E-state index contributed by atoms with van der Waals surface area (Å²) in [4.78, 5) is 0. The van der Waals surface area contributed by atoms with Gasteiger partial charge in [0.2, 0.25) is 0 Å². The van der Waals surface area contributed by atoms with Crippen LogP contribution in [0.5, 0.6) is 11.5 Å². The minimum atomic E-state index is -0.440. The van der Waals surface area contributed by atoms with Gasteiger partial charge < -0.3 is 19.9 Å². The molecule has 1 aromatic carbocycles. The number of aliphatic hydroxyl groups is 1. The molecular weight excluding hydrogens is 194 g/mol. The first-order chi connectivity index (χ1) is 7.26. The summed E-state index contributed by atoms with van der Waals surface area (Å²) in [6.07, 6.45) is 0.272. The second-order valence-corrected chi connectivity index (χ2v) is 3.53. The zero-order chi connectivity index (χ0) is 10.8. The Balaban J connectivity index is 2.52. The van der Waals surface area contributed by atoms with Crippen molar-refractivity contribution in [1.29, 1.82) is 0 Å². The number of methoxy groups -OCH3 is 2. The second kappa shape index (κ2) is 3.98. The SMILES string of the molecule is COc1cc(OC)c2c(c1)C(O)CCN2. The summed E-state index contributed by atoms with van der Waals surface area (Å²) in [7, 11) is 3.21. The van der Waals surface area contributed by atoms with Crippen LogP contribution in [0.4, 0.5) is 5.69 Å². The lowest BCUT2D eigenvalue weighted by molar-refractivity contribution is 0.167. The third-order valence-electron chi connectivity index (χ3n) is 2.64. The number of benzene rings is 1. The molecule has 0 fully saturated rings. The summed E-state index contributed by atoms with van der Waals surface area (Å²) >= 11 is 0. The van der Waals surface area contributed by atoms with Gasteiger partial charge in [0.05, 0.1) is 26.0 Å². The molecule has 0 saturated carbocycles. The van der Waals surface area contributed by atoms with Gasteiger partial charge in [0.15, 0.2) is 0 Å². The zero-order valence-corrected chi connectivity index (χ0v) is 8.91. The number of ether oxygens (including phenoxy) is 2. The van der Waals surface area contributed by atoms with Crippen molar-refractivity contribution in [3.05, 3.63) is 17.7 Å². The van der Waals surface area contributed by atoms with Gasteiger partial charge in [-0.25, -0.2) is 0 Å². The van der Waals surface area contributed by atoms with E-state index in [9.17, 15) is 5.11 Å². The normalized spacial score (nSPS) is 19.0. The van der Waals surface area contributed by atoms with Crippen molar-refractivity contribution in [2.24, 2.45) is 0 Å². The van der Waals surface area contributed by atoms with E-state index < -0.39 is 6.10 Å². The summed E-state index contributed by atoms with van der Waals surface area (Å²) < 4.78 is 10.4. The van der Waals surface area contributed by atoms with E-state index in [4.69, 9.17) is 9.47 Å². The van der Waals surface area contributed by atoms with Gasteiger partial charge in [-0.2, -0.15) is 0 Å². The molecule has 0 saturated heterocycles. The third kappa shape index (κ3) is 1.72. The van der Waals surface area contributed by atoms with E-state index in [1.807, 2.05) is 12.1 Å². The lowest BCUT2D eigenvalue weighted by Crippen LogP contribution is -2.17.